The first-order valence-corrected chi connectivity index (χ1v) is 11.5. The van der Waals surface area contributed by atoms with Crippen LogP contribution in [0.1, 0.15) is 11.1 Å². The topological polar surface area (TPSA) is 98.0 Å². The molecule has 0 unspecified atom stereocenters. The molecule has 148 valence electrons. The summed E-state index contributed by atoms with van der Waals surface area (Å²) >= 11 is 1.60. The van der Waals surface area contributed by atoms with E-state index in [2.05, 4.69) is 51.9 Å². The zero-order valence-corrected chi connectivity index (χ0v) is 17.4. The largest absolute Gasteiger partial charge is 0.369 e. The third kappa shape index (κ3) is 4.29. The standard InChI is InChI=1S/C21H20N4O2S2/c1-14-2-6-16(7-3-14)18-12-28-21-19(18)20(24-13-25-21)23-11-10-15-4-8-17(9-5-15)29(22,26)27/h2-9,12-13H,10-11H2,1H3,(H2,22,26,27)(H,23,24,25). The molecule has 6 nitrogen and oxygen atoms in total. The van der Waals surface area contributed by atoms with Crippen molar-refractivity contribution in [2.75, 3.05) is 11.9 Å². The Balaban J connectivity index is 1.54. The quantitative estimate of drug-likeness (QED) is 0.488. The van der Waals surface area contributed by atoms with E-state index in [0.29, 0.717) is 6.54 Å². The molecule has 0 aliphatic heterocycles. The Morgan fingerprint density at radius 2 is 1.76 bits per heavy atom. The summed E-state index contributed by atoms with van der Waals surface area (Å²) in [7, 11) is -3.67. The highest BCUT2D eigenvalue weighted by Gasteiger charge is 2.13. The Bertz CT molecular complexity index is 1250. The number of aryl methyl sites for hydroxylation is 1. The lowest BCUT2D eigenvalue weighted by Crippen LogP contribution is -2.12. The Morgan fingerprint density at radius 3 is 2.45 bits per heavy atom. The van der Waals surface area contributed by atoms with Crippen LogP contribution in [0.3, 0.4) is 0 Å². The van der Waals surface area contributed by atoms with Crippen LogP contribution in [0.4, 0.5) is 5.82 Å². The first-order valence-electron chi connectivity index (χ1n) is 9.07. The van der Waals surface area contributed by atoms with E-state index in [1.165, 1.54) is 17.7 Å². The Labute approximate surface area is 173 Å². The molecule has 0 saturated heterocycles. The highest BCUT2D eigenvalue weighted by Crippen LogP contribution is 2.36. The number of nitrogens with zero attached hydrogens (tertiary/aromatic N) is 2. The summed E-state index contributed by atoms with van der Waals surface area (Å²) in [6, 6.07) is 15.0. The molecule has 2 aromatic carbocycles. The van der Waals surface area contributed by atoms with Crippen LogP contribution in [-0.2, 0) is 16.4 Å². The van der Waals surface area contributed by atoms with Crippen LogP contribution in [0.2, 0.25) is 0 Å². The van der Waals surface area contributed by atoms with Crippen molar-refractivity contribution in [2.24, 2.45) is 5.14 Å². The first-order chi connectivity index (χ1) is 13.9. The van der Waals surface area contributed by atoms with Crippen molar-refractivity contribution in [3.05, 3.63) is 71.4 Å². The fraction of sp³-hybridized carbons (Fsp3) is 0.143. The molecular weight excluding hydrogens is 404 g/mol. The molecule has 0 aliphatic carbocycles. The van der Waals surface area contributed by atoms with Crippen LogP contribution in [0.25, 0.3) is 21.3 Å². The van der Waals surface area contributed by atoms with Crippen molar-refractivity contribution in [1.29, 1.82) is 0 Å². The zero-order valence-electron chi connectivity index (χ0n) is 15.8. The third-order valence-electron chi connectivity index (χ3n) is 4.69. The van der Waals surface area contributed by atoms with Gasteiger partial charge in [0, 0.05) is 17.5 Å². The van der Waals surface area contributed by atoms with Gasteiger partial charge in [-0.25, -0.2) is 23.5 Å². The number of anilines is 1. The number of hydrogen-bond acceptors (Lipinski definition) is 6. The molecule has 0 saturated carbocycles. The Kier molecular flexibility index (Phi) is 5.31. The lowest BCUT2D eigenvalue weighted by atomic mass is 10.0. The van der Waals surface area contributed by atoms with Crippen LogP contribution in [0.15, 0.2) is 65.1 Å². The average Bonchev–Trinajstić information content (AvgIpc) is 3.13. The third-order valence-corrected chi connectivity index (χ3v) is 6.51. The SMILES string of the molecule is Cc1ccc(-c2csc3ncnc(NCCc4ccc(S(N)(=O)=O)cc4)c23)cc1. The number of benzene rings is 2. The molecule has 8 heteroatoms. The minimum atomic E-state index is -3.67. The molecular formula is C21H20N4O2S2. The number of rotatable bonds is 6. The summed E-state index contributed by atoms with van der Waals surface area (Å²) in [5.41, 5.74) is 4.49. The van der Waals surface area contributed by atoms with Crippen molar-refractivity contribution in [1.82, 2.24) is 9.97 Å². The summed E-state index contributed by atoms with van der Waals surface area (Å²) < 4.78 is 22.7. The molecule has 0 spiro atoms. The fourth-order valence-corrected chi connectivity index (χ4v) is 4.56. The van der Waals surface area contributed by atoms with Crippen LogP contribution >= 0.6 is 11.3 Å². The first kappa shape index (κ1) is 19.5. The average molecular weight is 425 g/mol. The van der Waals surface area contributed by atoms with Crippen molar-refractivity contribution >= 4 is 37.4 Å². The Hall–Kier alpha value is -2.81. The maximum absolute atomic E-state index is 11.4. The van der Waals surface area contributed by atoms with E-state index in [4.69, 9.17) is 5.14 Å². The van der Waals surface area contributed by atoms with Gasteiger partial charge in [-0.2, -0.15) is 0 Å². The number of aromatic nitrogens is 2. The molecule has 2 aromatic heterocycles. The minimum absolute atomic E-state index is 0.118. The van der Waals surface area contributed by atoms with Gasteiger partial charge in [-0.05, 0) is 36.6 Å². The van der Waals surface area contributed by atoms with E-state index in [9.17, 15) is 8.42 Å². The minimum Gasteiger partial charge on any atom is -0.369 e. The summed E-state index contributed by atoms with van der Waals surface area (Å²) in [6.45, 7) is 2.73. The molecule has 2 heterocycles. The number of nitrogens with one attached hydrogen (secondary N) is 1. The van der Waals surface area contributed by atoms with Gasteiger partial charge >= 0.3 is 0 Å². The predicted octanol–water partition coefficient (Wildman–Crippen LogP) is 3.97. The maximum atomic E-state index is 11.4. The highest BCUT2D eigenvalue weighted by molar-refractivity contribution is 7.89. The summed E-state index contributed by atoms with van der Waals surface area (Å²) in [6.07, 6.45) is 2.29. The Morgan fingerprint density at radius 1 is 1.03 bits per heavy atom. The molecule has 0 atom stereocenters. The van der Waals surface area contributed by atoms with Crippen molar-refractivity contribution in [3.8, 4) is 11.1 Å². The second-order valence-corrected chi connectivity index (χ2v) is 9.20. The van der Waals surface area contributed by atoms with Crippen LogP contribution < -0.4 is 10.5 Å². The van der Waals surface area contributed by atoms with E-state index in [-0.39, 0.29) is 4.90 Å². The molecule has 4 aromatic rings. The summed E-state index contributed by atoms with van der Waals surface area (Å²) in [4.78, 5) is 9.91. The predicted molar refractivity (Wildman–Crippen MR) is 118 cm³/mol. The van der Waals surface area contributed by atoms with Gasteiger partial charge in [-0.15, -0.1) is 11.3 Å². The smallest absolute Gasteiger partial charge is 0.238 e. The molecule has 29 heavy (non-hydrogen) atoms. The lowest BCUT2D eigenvalue weighted by molar-refractivity contribution is 0.598. The number of primary sulfonamides is 1. The van der Waals surface area contributed by atoms with Crippen molar-refractivity contribution in [2.45, 2.75) is 18.2 Å². The molecule has 4 rings (SSSR count). The maximum Gasteiger partial charge on any atom is 0.238 e. The van der Waals surface area contributed by atoms with Crippen LogP contribution in [-0.4, -0.2) is 24.9 Å². The van der Waals surface area contributed by atoms with Gasteiger partial charge in [0.1, 0.15) is 17.0 Å². The van der Waals surface area contributed by atoms with E-state index in [1.54, 1.807) is 29.8 Å². The molecule has 0 aliphatic rings. The van der Waals surface area contributed by atoms with Gasteiger partial charge in [0.15, 0.2) is 0 Å². The number of fused-ring (bicyclic) bond motifs is 1. The van der Waals surface area contributed by atoms with Gasteiger partial charge in [-0.3, -0.25) is 0 Å². The van der Waals surface area contributed by atoms with Crippen LogP contribution in [0.5, 0.6) is 0 Å². The van der Waals surface area contributed by atoms with E-state index in [1.807, 2.05) is 0 Å². The molecule has 0 amide bonds. The lowest BCUT2D eigenvalue weighted by Gasteiger charge is -2.09. The molecule has 3 N–H and O–H groups in total. The van der Waals surface area contributed by atoms with Gasteiger partial charge in [-0.1, -0.05) is 42.0 Å². The number of nitrogens with two attached hydrogens (primary N) is 1. The zero-order chi connectivity index (χ0) is 20.4. The molecule has 0 bridgehead atoms. The number of thiophene rings is 1. The molecule has 0 radical (unpaired) electrons. The van der Waals surface area contributed by atoms with E-state index in [0.717, 1.165) is 39.1 Å². The van der Waals surface area contributed by atoms with E-state index >= 15 is 0 Å². The second-order valence-electron chi connectivity index (χ2n) is 6.78. The second kappa shape index (κ2) is 7.90. The summed E-state index contributed by atoms with van der Waals surface area (Å²) in [5.74, 6) is 0.799. The van der Waals surface area contributed by atoms with Gasteiger partial charge in [0.2, 0.25) is 10.0 Å². The van der Waals surface area contributed by atoms with E-state index < -0.39 is 10.0 Å². The highest BCUT2D eigenvalue weighted by atomic mass is 32.2. The van der Waals surface area contributed by atoms with Crippen molar-refractivity contribution < 1.29 is 8.42 Å². The van der Waals surface area contributed by atoms with Crippen molar-refractivity contribution in [3.63, 3.8) is 0 Å². The summed E-state index contributed by atoms with van der Waals surface area (Å²) in [5, 5.41) is 11.7. The van der Waals surface area contributed by atoms with Gasteiger partial charge < -0.3 is 5.32 Å². The number of sulfonamides is 1. The van der Waals surface area contributed by atoms with Crippen LogP contribution in [0, 0.1) is 6.92 Å². The molecule has 0 fully saturated rings. The monoisotopic (exact) mass is 424 g/mol. The number of hydrogen-bond donors (Lipinski definition) is 2. The van der Waals surface area contributed by atoms with Gasteiger partial charge in [0.25, 0.3) is 0 Å². The fourth-order valence-electron chi connectivity index (χ4n) is 3.13. The normalized spacial score (nSPS) is 11.7. The van der Waals surface area contributed by atoms with Gasteiger partial charge in [0.05, 0.1) is 10.3 Å².